The molecule has 4 aromatic rings. The first-order valence-electron chi connectivity index (χ1n) is 11.6. The predicted molar refractivity (Wildman–Crippen MR) is 138 cm³/mol. The summed E-state index contributed by atoms with van der Waals surface area (Å²) in [6, 6.07) is 19.4. The van der Waals surface area contributed by atoms with Crippen LogP contribution in [0, 0.1) is 0 Å². The van der Waals surface area contributed by atoms with Crippen molar-refractivity contribution in [3.63, 3.8) is 0 Å². The predicted octanol–water partition coefficient (Wildman–Crippen LogP) is 6.04. The lowest BCUT2D eigenvalue weighted by Crippen LogP contribution is -2.36. The molecule has 0 saturated heterocycles. The SMILES string of the molecule is CCCCSc1nnc2c(n1)O[C@@H](c1ccc(OC)c3ccccc13)N(C(C)=O)c1ccccc1-2. The zero-order chi connectivity index (χ0) is 24.4. The van der Waals surface area contributed by atoms with Crippen LogP contribution >= 0.6 is 11.8 Å². The van der Waals surface area contributed by atoms with Crippen LogP contribution in [0.5, 0.6) is 11.6 Å². The van der Waals surface area contributed by atoms with Gasteiger partial charge >= 0.3 is 0 Å². The molecule has 3 aromatic carbocycles. The number of amides is 1. The number of carbonyl (C=O) groups is 1. The van der Waals surface area contributed by atoms with Crippen LogP contribution in [0.2, 0.25) is 0 Å². The largest absolute Gasteiger partial charge is 0.496 e. The minimum absolute atomic E-state index is 0.152. The Morgan fingerprint density at radius 1 is 1.06 bits per heavy atom. The highest BCUT2D eigenvalue weighted by atomic mass is 32.2. The summed E-state index contributed by atoms with van der Waals surface area (Å²) in [5, 5.41) is 11.3. The maximum Gasteiger partial charge on any atom is 0.247 e. The molecule has 1 aliphatic rings. The van der Waals surface area contributed by atoms with E-state index < -0.39 is 6.23 Å². The first kappa shape index (κ1) is 23.1. The van der Waals surface area contributed by atoms with Gasteiger partial charge in [-0.3, -0.25) is 9.69 Å². The summed E-state index contributed by atoms with van der Waals surface area (Å²) in [5.41, 5.74) is 2.80. The quantitative estimate of drug-likeness (QED) is 0.243. The fourth-order valence-corrected chi connectivity index (χ4v) is 5.17. The minimum atomic E-state index is -0.754. The van der Waals surface area contributed by atoms with Crippen LogP contribution in [0.25, 0.3) is 22.0 Å². The molecule has 0 fully saturated rings. The molecule has 1 aromatic heterocycles. The maximum atomic E-state index is 13.1. The molecule has 0 bridgehead atoms. The van der Waals surface area contributed by atoms with Crippen molar-refractivity contribution in [2.24, 2.45) is 0 Å². The first-order valence-corrected chi connectivity index (χ1v) is 12.6. The Labute approximate surface area is 208 Å². The third-order valence-corrected chi connectivity index (χ3v) is 6.91. The molecule has 0 spiro atoms. The normalized spacial score (nSPS) is 14.6. The number of fused-ring (bicyclic) bond motifs is 4. The number of aromatic nitrogens is 3. The molecule has 35 heavy (non-hydrogen) atoms. The van der Waals surface area contributed by atoms with Crippen molar-refractivity contribution in [1.29, 1.82) is 0 Å². The molecular weight excluding hydrogens is 460 g/mol. The van der Waals surface area contributed by atoms with Gasteiger partial charge in [-0.2, -0.15) is 4.98 Å². The highest BCUT2D eigenvalue weighted by Crippen LogP contribution is 2.45. The van der Waals surface area contributed by atoms with Gasteiger partial charge < -0.3 is 9.47 Å². The molecule has 0 unspecified atom stereocenters. The molecule has 0 N–H and O–H groups in total. The molecule has 0 radical (unpaired) electrons. The summed E-state index contributed by atoms with van der Waals surface area (Å²) in [5.74, 6) is 1.87. The van der Waals surface area contributed by atoms with Gasteiger partial charge in [-0.05, 0) is 30.0 Å². The Morgan fingerprint density at radius 3 is 2.60 bits per heavy atom. The summed E-state index contributed by atoms with van der Waals surface area (Å²) in [4.78, 5) is 19.5. The summed E-state index contributed by atoms with van der Waals surface area (Å²) < 4.78 is 12.2. The van der Waals surface area contributed by atoms with E-state index in [-0.39, 0.29) is 5.91 Å². The maximum absolute atomic E-state index is 13.1. The van der Waals surface area contributed by atoms with Gasteiger partial charge in [0.25, 0.3) is 0 Å². The van der Waals surface area contributed by atoms with Gasteiger partial charge in [-0.25, -0.2) is 0 Å². The van der Waals surface area contributed by atoms with Gasteiger partial charge in [0, 0.05) is 29.2 Å². The third kappa shape index (κ3) is 4.30. The van der Waals surface area contributed by atoms with E-state index in [0.717, 1.165) is 46.2 Å². The monoisotopic (exact) mass is 486 g/mol. The van der Waals surface area contributed by atoms with Crippen LogP contribution in [0.4, 0.5) is 5.69 Å². The van der Waals surface area contributed by atoms with E-state index in [1.165, 1.54) is 0 Å². The van der Waals surface area contributed by atoms with Gasteiger partial charge in [0.05, 0.1) is 12.8 Å². The molecule has 2 heterocycles. The van der Waals surface area contributed by atoms with Crippen LogP contribution in [0.3, 0.4) is 0 Å². The number of ether oxygens (including phenoxy) is 2. The lowest BCUT2D eigenvalue weighted by atomic mass is 10.0. The van der Waals surface area contributed by atoms with Crippen molar-refractivity contribution in [2.45, 2.75) is 38.1 Å². The fourth-order valence-electron chi connectivity index (χ4n) is 4.31. The van der Waals surface area contributed by atoms with E-state index in [9.17, 15) is 4.79 Å². The van der Waals surface area contributed by atoms with Crippen molar-refractivity contribution in [2.75, 3.05) is 17.8 Å². The van der Waals surface area contributed by atoms with Gasteiger partial charge in [0.2, 0.25) is 23.2 Å². The van der Waals surface area contributed by atoms with Crippen LogP contribution < -0.4 is 14.4 Å². The molecule has 178 valence electrons. The smallest absolute Gasteiger partial charge is 0.247 e. The number of thioether (sulfide) groups is 1. The van der Waals surface area contributed by atoms with Gasteiger partial charge in [0.1, 0.15) is 5.75 Å². The number of unbranched alkanes of at least 4 members (excludes halogenated alkanes) is 1. The topological polar surface area (TPSA) is 77.4 Å². The van der Waals surface area contributed by atoms with Crippen LogP contribution in [0.15, 0.2) is 65.8 Å². The number of anilines is 1. The number of methoxy groups -OCH3 is 1. The van der Waals surface area contributed by atoms with E-state index in [1.807, 2.05) is 60.7 Å². The average Bonchev–Trinajstić information content (AvgIpc) is 3.02. The molecule has 1 amide bonds. The lowest BCUT2D eigenvalue weighted by Gasteiger charge is -2.30. The zero-order valence-corrected chi connectivity index (χ0v) is 20.7. The Hall–Kier alpha value is -3.65. The Bertz CT molecular complexity index is 1390. The minimum Gasteiger partial charge on any atom is -0.496 e. The molecule has 7 nitrogen and oxygen atoms in total. The zero-order valence-electron chi connectivity index (χ0n) is 19.9. The number of benzene rings is 3. The highest BCUT2D eigenvalue weighted by Gasteiger charge is 2.35. The molecule has 5 rings (SSSR count). The van der Waals surface area contributed by atoms with Gasteiger partial charge in [0.15, 0.2) is 5.69 Å². The summed E-state index contributed by atoms with van der Waals surface area (Å²) >= 11 is 1.56. The molecular formula is C27H26N4O3S. The van der Waals surface area contributed by atoms with Crippen LogP contribution in [-0.4, -0.2) is 34.0 Å². The lowest BCUT2D eigenvalue weighted by molar-refractivity contribution is -0.118. The number of hydrogen-bond acceptors (Lipinski definition) is 7. The van der Waals surface area contributed by atoms with Crippen molar-refractivity contribution in [3.05, 3.63) is 66.2 Å². The van der Waals surface area contributed by atoms with Crippen molar-refractivity contribution in [3.8, 4) is 22.9 Å². The highest BCUT2D eigenvalue weighted by molar-refractivity contribution is 7.99. The van der Waals surface area contributed by atoms with E-state index in [4.69, 9.17) is 14.5 Å². The number of para-hydroxylation sites is 1. The average molecular weight is 487 g/mol. The van der Waals surface area contributed by atoms with E-state index in [1.54, 1.807) is 30.7 Å². The standard InChI is InChI=1S/C27H26N4O3S/c1-4-5-16-35-27-28-25-24(29-30-27)21-12-8-9-13-22(21)31(17(2)32)26(34-25)20-14-15-23(33-3)19-11-7-6-10-18(19)20/h6-15,26H,4-5,16H2,1-3H3/t26-/m0/s1. The second kappa shape index (κ2) is 9.92. The summed E-state index contributed by atoms with van der Waals surface area (Å²) in [6.07, 6.45) is 1.40. The van der Waals surface area contributed by atoms with Gasteiger partial charge in [-0.15, -0.1) is 10.2 Å². The summed E-state index contributed by atoms with van der Waals surface area (Å²) in [7, 11) is 1.65. The number of nitrogens with zero attached hydrogens (tertiary/aromatic N) is 4. The Balaban J connectivity index is 1.71. The number of hydrogen-bond donors (Lipinski definition) is 0. The van der Waals surface area contributed by atoms with E-state index >= 15 is 0 Å². The number of carbonyl (C=O) groups excluding carboxylic acids is 1. The second-order valence-electron chi connectivity index (χ2n) is 8.23. The van der Waals surface area contributed by atoms with Crippen molar-refractivity contribution >= 4 is 34.1 Å². The van der Waals surface area contributed by atoms with Crippen LogP contribution in [-0.2, 0) is 4.79 Å². The summed E-state index contributed by atoms with van der Waals surface area (Å²) in [6.45, 7) is 3.69. The molecule has 8 heteroatoms. The van der Waals surface area contributed by atoms with E-state index in [2.05, 4.69) is 17.1 Å². The molecule has 1 atom stereocenters. The van der Waals surface area contributed by atoms with Crippen LogP contribution in [0.1, 0.15) is 38.5 Å². The van der Waals surface area contributed by atoms with Crippen molar-refractivity contribution < 1.29 is 14.3 Å². The molecule has 0 aliphatic carbocycles. The second-order valence-corrected chi connectivity index (χ2v) is 9.29. The van der Waals surface area contributed by atoms with Gasteiger partial charge in [-0.1, -0.05) is 67.6 Å². The van der Waals surface area contributed by atoms with Crippen molar-refractivity contribution in [1.82, 2.24) is 15.2 Å². The first-order chi connectivity index (χ1) is 17.1. The fraction of sp³-hybridized carbons (Fsp3) is 0.259. The third-order valence-electron chi connectivity index (χ3n) is 5.98. The molecule has 1 aliphatic heterocycles. The Kier molecular flexibility index (Phi) is 6.55. The molecule has 0 saturated carbocycles. The van der Waals surface area contributed by atoms with E-state index in [0.29, 0.717) is 22.4 Å². The number of rotatable bonds is 6. The Morgan fingerprint density at radius 2 is 1.83 bits per heavy atom.